The summed E-state index contributed by atoms with van der Waals surface area (Å²) in [6, 6.07) is 15.8. The summed E-state index contributed by atoms with van der Waals surface area (Å²) in [6.45, 7) is 0. The lowest BCUT2D eigenvalue weighted by Crippen LogP contribution is -1.96. The molecule has 0 amide bonds. The van der Waals surface area contributed by atoms with Crippen molar-refractivity contribution < 1.29 is 19.4 Å². The molecule has 1 N–H and O–H groups in total. The highest BCUT2D eigenvalue weighted by Gasteiger charge is 2.10. The number of carbonyl (C=O) groups is 1. The number of unbranched alkanes of at least 4 members (excludes halogenated alkanes) is 1. The zero-order valence-corrected chi connectivity index (χ0v) is 14.7. The topological polar surface area (TPSA) is 55.8 Å². The Bertz CT molecular complexity index is 720. The fourth-order valence-corrected chi connectivity index (χ4v) is 2.77. The third-order valence-electron chi connectivity index (χ3n) is 4.06. The number of benzene rings is 2. The molecule has 25 heavy (non-hydrogen) atoms. The number of carboxylic acids is 1. The number of rotatable bonds is 9. The van der Waals surface area contributed by atoms with Crippen molar-refractivity contribution in [3.8, 4) is 11.5 Å². The fourth-order valence-electron chi connectivity index (χ4n) is 2.77. The maximum Gasteiger partial charge on any atom is 0.328 e. The van der Waals surface area contributed by atoms with Gasteiger partial charge in [-0.15, -0.1) is 0 Å². The largest absolute Gasteiger partial charge is 0.493 e. The smallest absolute Gasteiger partial charge is 0.328 e. The number of methoxy groups -OCH3 is 2. The molecule has 0 radical (unpaired) electrons. The predicted octanol–water partition coefficient (Wildman–Crippen LogP) is 4.58. The second kappa shape index (κ2) is 9.52. The van der Waals surface area contributed by atoms with Gasteiger partial charge in [0, 0.05) is 6.08 Å². The van der Waals surface area contributed by atoms with Gasteiger partial charge in [-0.25, -0.2) is 4.79 Å². The lowest BCUT2D eigenvalue weighted by atomic mass is 9.97. The minimum Gasteiger partial charge on any atom is -0.493 e. The Labute approximate surface area is 148 Å². The van der Waals surface area contributed by atoms with E-state index in [1.807, 2.05) is 30.3 Å². The van der Waals surface area contributed by atoms with Crippen LogP contribution < -0.4 is 9.47 Å². The van der Waals surface area contributed by atoms with Crippen LogP contribution in [0.1, 0.15) is 30.4 Å². The van der Waals surface area contributed by atoms with Gasteiger partial charge in [0.05, 0.1) is 14.2 Å². The quantitative estimate of drug-likeness (QED) is 0.536. The molecule has 0 bridgehead atoms. The van der Waals surface area contributed by atoms with Gasteiger partial charge in [-0.3, -0.25) is 0 Å². The number of hydrogen-bond acceptors (Lipinski definition) is 3. The Balaban J connectivity index is 2.05. The molecule has 0 spiro atoms. The van der Waals surface area contributed by atoms with Gasteiger partial charge in [-0.2, -0.15) is 0 Å². The van der Waals surface area contributed by atoms with Gasteiger partial charge < -0.3 is 14.6 Å². The van der Waals surface area contributed by atoms with Crippen molar-refractivity contribution in [2.45, 2.75) is 25.7 Å². The molecule has 0 aliphatic heterocycles. The zero-order valence-electron chi connectivity index (χ0n) is 14.7. The maximum absolute atomic E-state index is 11.2. The minimum absolute atomic E-state index is 0.598. The number of allylic oxidation sites excluding steroid dienone is 1. The van der Waals surface area contributed by atoms with Gasteiger partial charge >= 0.3 is 5.97 Å². The highest BCUT2D eigenvalue weighted by Crippen LogP contribution is 2.32. The van der Waals surface area contributed by atoms with E-state index < -0.39 is 5.97 Å². The van der Waals surface area contributed by atoms with E-state index in [0.29, 0.717) is 17.9 Å². The van der Waals surface area contributed by atoms with Gasteiger partial charge in [0.25, 0.3) is 0 Å². The summed E-state index contributed by atoms with van der Waals surface area (Å²) >= 11 is 0. The SMILES string of the molecule is COc1ccc(C(=CC(=O)O)CCCCc2ccccc2)cc1OC. The van der Waals surface area contributed by atoms with E-state index in [-0.39, 0.29) is 0 Å². The van der Waals surface area contributed by atoms with Gasteiger partial charge in [0.15, 0.2) is 11.5 Å². The second-order valence-corrected chi connectivity index (χ2v) is 5.77. The third kappa shape index (κ3) is 5.68. The molecule has 0 fully saturated rings. The monoisotopic (exact) mass is 340 g/mol. The molecule has 0 aliphatic rings. The van der Waals surface area contributed by atoms with E-state index in [1.54, 1.807) is 20.3 Å². The molecule has 0 atom stereocenters. The molecule has 4 nitrogen and oxygen atoms in total. The van der Waals surface area contributed by atoms with Crippen LogP contribution >= 0.6 is 0 Å². The molecular formula is C21H24O4. The van der Waals surface area contributed by atoms with Gasteiger partial charge in [0.2, 0.25) is 0 Å². The van der Waals surface area contributed by atoms with Crippen LogP contribution in [0.3, 0.4) is 0 Å². The van der Waals surface area contributed by atoms with Crippen molar-refractivity contribution in [1.29, 1.82) is 0 Å². The Kier molecular flexibility index (Phi) is 7.08. The minimum atomic E-state index is -0.937. The summed E-state index contributed by atoms with van der Waals surface area (Å²) in [5.74, 6) is 0.290. The molecule has 0 unspecified atom stereocenters. The van der Waals surface area contributed by atoms with Crippen LogP contribution in [0.25, 0.3) is 5.57 Å². The summed E-state index contributed by atoms with van der Waals surface area (Å²) in [6.07, 6.45) is 4.90. The molecule has 2 rings (SSSR count). The molecule has 2 aromatic rings. The first-order chi connectivity index (χ1) is 12.1. The molecular weight excluding hydrogens is 316 g/mol. The fraction of sp³-hybridized carbons (Fsp3) is 0.286. The molecule has 4 heteroatoms. The third-order valence-corrected chi connectivity index (χ3v) is 4.06. The van der Waals surface area contributed by atoms with Crippen molar-refractivity contribution in [2.24, 2.45) is 0 Å². The molecule has 0 aromatic heterocycles. The molecule has 0 saturated carbocycles. The Morgan fingerprint density at radius 2 is 1.72 bits per heavy atom. The van der Waals surface area contributed by atoms with Crippen LogP contribution in [0, 0.1) is 0 Å². The molecule has 2 aromatic carbocycles. The van der Waals surface area contributed by atoms with Crippen LogP contribution in [-0.2, 0) is 11.2 Å². The second-order valence-electron chi connectivity index (χ2n) is 5.77. The molecule has 0 saturated heterocycles. The Morgan fingerprint density at radius 1 is 1.00 bits per heavy atom. The first-order valence-corrected chi connectivity index (χ1v) is 8.34. The van der Waals surface area contributed by atoms with Gasteiger partial charge in [-0.1, -0.05) is 36.4 Å². The zero-order chi connectivity index (χ0) is 18.1. The standard InChI is InChI=1S/C21H24O4/c1-24-19-13-12-18(14-20(19)25-2)17(15-21(22)23)11-7-6-10-16-8-4-3-5-9-16/h3-5,8-9,12-15H,6-7,10-11H2,1-2H3,(H,22,23). The van der Waals surface area contributed by atoms with E-state index in [0.717, 1.165) is 30.4 Å². The number of carboxylic acid groups (broad SMARTS) is 1. The van der Waals surface area contributed by atoms with E-state index in [2.05, 4.69) is 12.1 Å². The van der Waals surface area contributed by atoms with Crippen LogP contribution in [0.15, 0.2) is 54.6 Å². The van der Waals surface area contributed by atoms with Crippen LogP contribution in [0.4, 0.5) is 0 Å². The average molecular weight is 340 g/mol. The average Bonchev–Trinajstić information content (AvgIpc) is 2.64. The van der Waals surface area contributed by atoms with Crippen molar-refractivity contribution in [1.82, 2.24) is 0 Å². The van der Waals surface area contributed by atoms with E-state index in [4.69, 9.17) is 9.47 Å². The summed E-state index contributed by atoms with van der Waals surface area (Å²) in [7, 11) is 3.15. The van der Waals surface area contributed by atoms with Gasteiger partial charge in [-0.05, 0) is 54.5 Å². The van der Waals surface area contributed by atoms with Crippen molar-refractivity contribution >= 4 is 11.5 Å². The summed E-state index contributed by atoms with van der Waals surface area (Å²) < 4.78 is 10.6. The lowest BCUT2D eigenvalue weighted by molar-refractivity contribution is -0.131. The lowest BCUT2D eigenvalue weighted by Gasteiger charge is -2.12. The maximum atomic E-state index is 11.2. The summed E-state index contributed by atoms with van der Waals surface area (Å²) in [5, 5.41) is 9.17. The molecule has 0 aliphatic carbocycles. The summed E-state index contributed by atoms with van der Waals surface area (Å²) in [5.41, 5.74) is 2.94. The highest BCUT2D eigenvalue weighted by atomic mass is 16.5. The Hall–Kier alpha value is -2.75. The van der Waals surface area contributed by atoms with Crippen molar-refractivity contribution in [3.63, 3.8) is 0 Å². The number of hydrogen-bond donors (Lipinski definition) is 1. The summed E-state index contributed by atoms with van der Waals surface area (Å²) in [4.78, 5) is 11.2. The van der Waals surface area contributed by atoms with Crippen LogP contribution in [-0.4, -0.2) is 25.3 Å². The van der Waals surface area contributed by atoms with Crippen LogP contribution in [0.5, 0.6) is 11.5 Å². The highest BCUT2D eigenvalue weighted by molar-refractivity contribution is 5.90. The number of aliphatic carboxylic acids is 1. The molecule has 132 valence electrons. The first-order valence-electron chi connectivity index (χ1n) is 8.34. The number of ether oxygens (including phenoxy) is 2. The number of aryl methyl sites for hydroxylation is 1. The van der Waals surface area contributed by atoms with Gasteiger partial charge in [0.1, 0.15) is 0 Å². The molecule has 0 heterocycles. The van der Waals surface area contributed by atoms with E-state index in [9.17, 15) is 9.90 Å². The van der Waals surface area contributed by atoms with E-state index >= 15 is 0 Å². The van der Waals surface area contributed by atoms with E-state index in [1.165, 1.54) is 11.6 Å². The first kappa shape index (κ1) is 18.6. The van der Waals surface area contributed by atoms with Crippen LogP contribution in [0.2, 0.25) is 0 Å². The Morgan fingerprint density at radius 3 is 2.36 bits per heavy atom. The normalized spacial score (nSPS) is 11.2. The van der Waals surface area contributed by atoms with Crippen molar-refractivity contribution in [2.75, 3.05) is 14.2 Å². The predicted molar refractivity (Wildman–Crippen MR) is 99.2 cm³/mol. The van der Waals surface area contributed by atoms with Crippen molar-refractivity contribution in [3.05, 3.63) is 65.7 Å².